The standard InChI is InChI=1S/C25H33N3O2/c1-20-9-10-24(16-26-20)30-19-22-15-23(25(29)28-12-5-6-13-28)18-27(17-22)14-11-21-7-3-2-4-8-21/h2-4,7-10,16,22-23H,5-6,11-15,17-19H2,1H3/t22-,23+/m0/s1. The van der Waals surface area contributed by atoms with Gasteiger partial charge < -0.3 is 14.5 Å². The van der Waals surface area contributed by atoms with Crippen LogP contribution in [0, 0.1) is 18.8 Å². The Morgan fingerprint density at radius 2 is 1.90 bits per heavy atom. The predicted molar refractivity (Wildman–Crippen MR) is 118 cm³/mol. The molecule has 0 radical (unpaired) electrons. The summed E-state index contributed by atoms with van der Waals surface area (Å²) in [7, 11) is 0. The van der Waals surface area contributed by atoms with Gasteiger partial charge in [-0.2, -0.15) is 0 Å². The molecule has 3 heterocycles. The van der Waals surface area contributed by atoms with Crippen LogP contribution in [0.4, 0.5) is 0 Å². The molecule has 2 aliphatic heterocycles. The van der Waals surface area contributed by atoms with E-state index in [2.05, 4.69) is 45.1 Å². The van der Waals surface area contributed by atoms with Crippen LogP contribution >= 0.6 is 0 Å². The zero-order valence-corrected chi connectivity index (χ0v) is 18.0. The molecule has 5 nitrogen and oxygen atoms in total. The first kappa shape index (κ1) is 20.9. The van der Waals surface area contributed by atoms with E-state index in [1.165, 1.54) is 5.56 Å². The Hall–Kier alpha value is -2.40. The van der Waals surface area contributed by atoms with Gasteiger partial charge in [0.1, 0.15) is 5.75 Å². The lowest BCUT2D eigenvalue weighted by Gasteiger charge is -2.38. The summed E-state index contributed by atoms with van der Waals surface area (Å²) in [5.74, 6) is 1.59. The lowest BCUT2D eigenvalue weighted by atomic mass is 9.88. The van der Waals surface area contributed by atoms with Crippen molar-refractivity contribution >= 4 is 5.91 Å². The van der Waals surface area contributed by atoms with Crippen molar-refractivity contribution in [2.75, 3.05) is 39.3 Å². The summed E-state index contributed by atoms with van der Waals surface area (Å²) in [4.78, 5) is 22.0. The van der Waals surface area contributed by atoms with E-state index in [4.69, 9.17) is 4.74 Å². The second-order valence-electron chi connectivity index (χ2n) is 8.77. The molecule has 2 aliphatic rings. The summed E-state index contributed by atoms with van der Waals surface area (Å²) >= 11 is 0. The number of likely N-dealkylation sites (tertiary alicyclic amines) is 2. The van der Waals surface area contributed by atoms with Gasteiger partial charge in [-0.05, 0) is 50.3 Å². The third-order valence-electron chi connectivity index (χ3n) is 6.31. The van der Waals surface area contributed by atoms with E-state index in [-0.39, 0.29) is 5.92 Å². The Morgan fingerprint density at radius 1 is 1.10 bits per heavy atom. The molecule has 1 aromatic carbocycles. The molecule has 2 saturated heterocycles. The summed E-state index contributed by atoms with van der Waals surface area (Å²) in [6.07, 6.45) is 6.00. The number of carbonyl (C=O) groups is 1. The van der Waals surface area contributed by atoms with Crippen LogP contribution in [0.15, 0.2) is 48.7 Å². The molecule has 0 spiro atoms. The van der Waals surface area contributed by atoms with E-state index in [0.29, 0.717) is 18.4 Å². The van der Waals surface area contributed by atoms with Crippen molar-refractivity contribution in [3.8, 4) is 5.75 Å². The van der Waals surface area contributed by atoms with E-state index >= 15 is 0 Å². The van der Waals surface area contributed by atoms with Crippen LogP contribution < -0.4 is 4.74 Å². The van der Waals surface area contributed by atoms with Crippen LogP contribution in [0.2, 0.25) is 0 Å². The molecule has 0 bridgehead atoms. The molecular formula is C25H33N3O2. The van der Waals surface area contributed by atoms with Crippen LogP contribution in [-0.2, 0) is 11.2 Å². The van der Waals surface area contributed by atoms with Gasteiger partial charge in [-0.3, -0.25) is 9.78 Å². The minimum Gasteiger partial charge on any atom is -0.492 e. The number of hydrogen-bond donors (Lipinski definition) is 0. The van der Waals surface area contributed by atoms with Gasteiger partial charge in [-0.25, -0.2) is 0 Å². The van der Waals surface area contributed by atoms with Crippen molar-refractivity contribution in [1.82, 2.24) is 14.8 Å². The lowest BCUT2D eigenvalue weighted by Crippen LogP contribution is -2.48. The fourth-order valence-electron chi connectivity index (χ4n) is 4.67. The smallest absolute Gasteiger partial charge is 0.226 e. The average Bonchev–Trinajstić information content (AvgIpc) is 3.32. The zero-order chi connectivity index (χ0) is 20.8. The van der Waals surface area contributed by atoms with Crippen LogP contribution in [0.25, 0.3) is 0 Å². The molecule has 0 aliphatic carbocycles. The molecule has 0 saturated carbocycles. The van der Waals surface area contributed by atoms with Gasteiger partial charge in [-0.15, -0.1) is 0 Å². The van der Waals surface area contributed by atoms with Gasteiger partial charge in [0.05, 0.1) is 18.7 Å². The van der Waals surface area contributed by atoms with Crippen molar-refractivity contribution in [2.45, 2.75) is 32.6 Å². The number of aromatic nitrogens is 1. The molecule has 2 aromatic rings. The Morgan fingerprint density at radius 3 is 2.63 bits per heavy atom. The Kier molecular flexibility index (Phi) is 7.00. The highest BCUT2D eigenvalue weighted by atomic mass is 16.5. The maximum Gasteiger partial charge on any atom is 0.226 e. The van der Waals surface area contributed by atoms with Gasteiger partial charge in [0.15, 0.2) is 0 Å². The van der Waals surface area contributed by atoms with Crippen LogP contribution in [0.5, 0.6) is 5.75 Å². The quantitative estimate of drug-likeness (QED) is 0.704. The Balaban J connectivity index is 1.38. The van der Waals surface area contributed by atoms with Crippen LogP contribution in [0.3, 0.4) is 0 Å². The summed E-state index contributed by atoms with van der Waals surface area (Å²) < 4.78 is 6.05. The summed E-state index contributed by atoms with van der Waals surface area (Å²) in [5, 5.41) is 0. The predicted octanol–water partition coefficient (Wildman–Crippen LogP) is 3.57. The third kappa shape index (κ3) is 5.60. The highest BCUT2D eigenvalue weighted by Crippen LogP contribution is 2.26. The fourth-order valence-corrected chi connectivity index (χ4v) is 4.67. The maximum absolute atomic E-state index is 13.1. The van der Waals surface area contributed by atoms with Crippen molar-refractivity contribution in [3.05, 3.63) is 59.9 Å². The van der Waals surface area contributed by atoms with Crippen LogP contribution in [-0.4, -0.2) is 60.0 Å². The molecule has 2 atom stereocenters. The van der Waals surface area contributed by atoms with E-state index < -0.39 is 0 Å². The number of carbonyl (C=O) groups excluding carboxylic acids is 1. The van der Waals surface area contributed by atoms with Gasteiger partial charge in [-0.1, -0.05) is 30.3 Å². The van der Waals surface area contributed by atoms with Crippen molar-refractivity contribution in [2.24, 2.45) is 11.8 Å². The summed E-state index contributed by atoms with van der Waals surface area (Å²) in [6, 6.07) is 14.6. The highest BCUT2D eigenvalue weighted by Gasteiger charge is 2.34. The van der Waals surface area contributed by atoms with Crippen molar-refractivity contribution in [1.29, 1.82) is 0 Å². The van der Waals surface area contributed by atoms with Crippen molar-refractivity contribution < 1.29 is 9.53 Å². The second-order valence-corrected chi connectivity index (χ2v) is 8.77. The van der Waals surface area contributed by atoms with E-state index in [9.17, 15) is 4.79 Å². The highest BCUT2D eigenvalue weighted by molar-refractivity contribution is 5.79. The number of hydrogen-bond acceptors (Lipinski definition) is 4. The number of nitrogens with zero attached hydrogens (tertiary/aromatic N) is 3. The number of aryl methyl sites for hydroxylation is 1. The Bertz CT molecular complexity index is 803. The SMILES string of the molecule is Cc1ccc(OC[C@H]2C[C@@H](C(=O)N3CCCC3)CN(CCc3ccccc3)C2)cn1. The first-order valence-corrected chi connectivity index (χ1v) is 11.3. The third-order valence-corrected chi connectivity index (χ3v) is 6.31. The number of pyridine rings is 1. The Labute approximate surface area is 180 Å². The van der Waals surface area contributed by atoms with E-state index in [1.54, 1.807) is 6.20 Å². The minimum atomic E-state index is 0.0809. The van der Waals surface area contributed by atoms with E-state index in [0.717, 1.165) is 69.9 Å². The van der Waals surface area contributed by atoms with Gasteiger partial charge in [0.2, 0.25) is 5.91 Å². The number of ether oxygens (including phenoxy) is 1. The second kappa shape index (κ2) is 10.1. The number of rotatable bonds is 7. The molecule has 160 valence electrons. The molecule has 0 N–H and O–H groups in total. The summed E-state index contributed by atoms with van der Waals surface area (Å²) in [5.41, 5.74) is 2.34. The summed E-state index contributed by atoms with van der Waals surface area (Å²) in [6.45, 7) is 7.29. The maximum atomic E-state index is 13.1. The topological polar surface area (TPSA) is 45.7 Å². The molecule has 4 rings (SSSR count). The largest absolute Gasteiger partial charge is 0.492 e. The van der Waals surface area contributed by atoms with E-state index in [1.807, 2.05) is 19.1 Å². The molecule has 1 amide bonds. The number of benzene rings is 1. The molecule has 30 heavy (non-hydrogen) atoms. The normalized spacial score (nSPS) is 22.2. The minimum absolute atomic E-state index is 0.0809. The first-order chi connectivity index (χ1) is 14.7. The molecular weight excluding hydrogens is 374 g/mol. The van der Waals surface area contributed by atoms with Gasteiger partial charge >= 0.3 is 0 Å². The zero-order valence-electron chi connectivity index (χ0n) is 18.0. The van der Waals surface area contributed by atoms with Crippen LogP contribution in [0.1, 0.15) is 30.5 Å². The monoisotopic (exact) mass is 407 g/mol. The molecule has 2 fully saturated rings. The van der Waals surface area contributed by atoms with Gasteiger partial charge in [0, 0.05) is 44.3 Å². The fraction of sp³-hybridized carbons (Fsp3) is 0.520. The number of piperidine rings is 1. The number of amides is 1. The first-order valence-electron chi connectivity index (χ1n) is 11.3. The molecule has 0 unspecified atom stereocenters. The molecule has 1 aromatic heterocycles. The van der Waals surface area contributed by atoms with Crippen molar-refractivity contribution in [3.63, 3.8) is 0 Å². The lowest BCUT2D eigenvalue weighted by molar-refractivity contribution is -0.137. The molecule has 5 heteroatoms. The van der Waals surface area contributed by atoms with Gasteiger partial charge in [0.25, 0.3) is 0 Å². The average molecular weight is 408 g/mol.